The van der Waals surface area contributed by atoms with E-state index in [0.29, 0.717) is 6.04 Å². The molecule has 0 aromatic carbocycles. The Morgan fingerprint density at radius 1 is 1.00 bits per heavy atom. The van der Waals surface area contributed by atoms with Crippen LogP contribution >= 0.6 is 0 Å². The molecule has 17 heavy (non-hydrogen) atoms. The summed E-state index contributed by atoms with van der Waals surface area (Å²) < 4.78 is 25.0. The van der Waals surface area contributed by atoms with Gasteiger partial charge in [0.25, 0.3) is 0 Å². The van der Waals surface area contributed by atoms with Crippen molar-refractivity contribution in [2.24, 2.45) is 0 Å². The number of hydrogen-bond acceptors (Lipinski definition) is 3. The molecule has 0 heterocycles. The Morgan fingerprint density at radius 2 is 1.65 bits per heavy atom. The van der Waals surface area contributed by atoms with Gasteiger partial charge < -0.3 is 5.32 Å². The Morgan fingerprint density at radius 3 is 2.29 bits per heavy atom. The molecular formula is C13H25NO2S. The van der Waals surface area contributed by atoms with Crippen molar-refractivity contribution in [3.63, 3.8) is 0 Å². The second-order valence-corrected chi connectivity index (χ2v) is 8.05. The maximum absolute atomic E-state index is 12.5. The highest BCUT2D eigenvalue weighted by Crippen LogP contribution is 2.33. The molecule has 2 rings (SSSR count). The highest BCUT2D eigenvalue weighted by atomic mass is 32.2. The summed E-state index contributed by atoms with van der Waals surface area (Å²) in [5, 5.41) is 3.33. The smallest absolute Gasteiger partial charge is 0.156 e. The molecule has 2 unspecified atom stereocenters. The molecule has 0 radical (unpaired) electrons. The Kier molecular flexibility index (Phi) is 4.47. The summed E-state index contributed by atoms with van der Waals surface area (Å²) in [7, 11) is -2.85. The van der Waals surface area contributed by atoms with Crippen LogP contribution in [0.5, 0.6) is 0 Å². The molecule has 3 nitrogen and oxygen atoms in total. The monoisotopic (exact) mass is 259 g/mol. The van der Waals surface area contributed by atoms with E-state index >= 15 is 0 Å². The summed E-state index contributed by atoms with van der Waals surface area (Å²) in [6.45, 7) is 3.04. The molecule has 2 atom stereocenters. The van der Waals surface area contributed by atoms with Gasteiger partial charge in [-0.05, 0) is 38.6 Å². The zero-order chi connectivity index (χ0) is 12.3. The zero-order valence-electron chi connectivity index (χ0n) is 10.8. The van der Waals surface area contributed by atoms with Gasteiger partial charge in [0, 0.05) is 6.04 Å². The summed E-state index contributed by atoms with van der Waals surface area (Å²) in [5.74, 6) is 0. The van der Waals surface area contributed by atoms with E-state index in [2.05, 4.69) is 12.2 Å². The number of rotatable bonds is 4. The molecule has 0 amide bonds. The average Bonchev–Trinajstić information content (AvgIpc) is 2.84. The van der Waals surface area contributed by atoms with Crippen LogP contribution in [0.15, 0.2) is 0 Å². The van der Waals surface area contributed by atoms with Crippen molar-refractivity contribution in [2.45, 2.75) is 74.8 Å². The fraction of sp³-hybridized carbons (Fsp3) is 1.00. The summed E-state index contributed by atoms with van der Waals surface area (Å²) >= 11 is 0. The summed E-state index contributed by atoms with van der Waals surface area (Å²) in [6, 6.07) is 0.426. The molecule has 2 aliphatic carbocycles. The Hall–Kier alpha value is -0.0900. The van der Waals surface area contributed by atoms with E-state index in [1.54, 1.807) is 0 Å². The van der Waals surface area contributed by atoms with Gasteiger partial charge in [0.15, 0.2) is 9.84 Å². The van der Waals surface area contributed by atoms with Crippen molar-refractivity contribution in [1.29, 1.82) is 0 Å². The van der Waals surface area contributed by atoms with Crippen molar-refractivity contribution in [3.05, 3.63) is 0 Å². The highest BCUT2D eigenvalue weighted by Gasteiger charge is 2.38. The van der Waals surface area contributed by atoms with E-state index in [1.807, 2.05) is 0 Å². The standard InChI is InChI=1S/C13H25NO2S/c1-2-14-11-6-5-9-13(10-11)17(15,16)12-7-3-4-8-12/h11-14H,2-10H2,1H3. The van der Waals surface area contributed by atoms with Crippen molar-refractivity contribution in [2.75, 3.05) is 6.54 Å². The van der Waals surface area contributed by atoms with E-state index in [4.69, 9.17) is 0 Å². The molecule has 2 saturated carbocycles. The van der Waals surface area contributed by atoms with Crippen molar-refractivity contribution < 1.29 is 8.42 Å². The van der Waals surface area contributed by atoms with Gasteiger partial charge in [0.2, 0.25) is 0 Å². The molecule has 0 aromatic rings. The topological polar surface area (TPSA) is 46.2 Å². The molecule has 0 bridgehead atoms. The van der Waals surface area contributed by atoms with Gasteiger partial charge in [-0.3, -0.25) is 0 Å². The van der Waals surface area contributed by atoms with Crippen LogP contribution in [0.4, 0.5) is 0 Å². The van der Waals surface area contributed by atoms with Crippen LogP contribution in [-0.2, 0) is 9.84 Å². The second-order valence-electron chi connectivity index (χ2n) is 5.54. The minimum atomic E-state index is -2.85. The fourth-order valence-corrected chi connectivity index (χ4v) is 5.94. The minimum absolute atomic E-state index is 0.0205. The predicted octanol–water partition coefficient (Wildman–Crippen LogP) is 2.26. The normalized spacial score (nSPS) is 31.8. The van der Waals surface area contributed by atoms with Crippen LogP contribution in [0.1, 0.15) is 58.3 Å². The van der Waals surface area contributed by atoms with Gasteiger partial charge in [-0.2, -0.15) is 0 Å². The van der Waals surface area contributed by atoms with Crippen LogP contribution < -0.4 is 5.32 Å². The Balaban J connectivity index is 2.00. The van der Waals surface area contributed by atoms with Crippen molar-refractivity contribution in [3.8, 4) is 0 Å². The summed E-state index contributed by atoms with van der Waals surface area (Å²) in [5.41, 5.74) is 0. The minimum Gasteiger partial charge on any atom is -0.314 e. The molecule has 4 heteroatoms. The molecular weight excluding hydrogens is 234 g/mol. The third-order valence-electron chi connectivity index (χ3n) is 4.35. The van der Waals surface area contributed by atoms with Crippen LogP contribution in [0.25, 0.3) is 0 Å². The van der Waals surface area contributed by atoms with Crippen molar-refractivity contribution in [1.82, 2.24) is 5.32 Å². The van der Waals surface area contributed by atoms with E-state index in [0.717, 1.165) is 57.9 Å². The maximum atomic E-state index is 12.5. The molecule has 2 fully saturated rings. The first-order valence-corrected chi connectivity index (χ1v) is 8.71. The van der Waals surface area contributed by atoms with Crippen LogP contribution in [0.2, 0.25) is 0 Å². The quantitative estimate of drug-likeness (QED) is 0.842. The van der Waals surface area contributed by atoms with E-state index in [9.17, 15) is 8.42 Å². The lowest BCUT2D eigenvalue weighted by molar-refractivity contribution is 0.376. The number of nitrogens with one attached hydrogen (secondary N) is 1. The first-order chi connectivity index (χ1) is 8.14. The molecule has 100 valence electrons. The summed E-state index contributed by atoms with van der Waals surface area (Å²) in [4.78, 5) is 0. The van der Waals surface area contributed by atoms with Gasteiger partial charge in [0.1, 0.15) is 0 Å². The predicted molar refractivity (Wildman–Crippen MR) is 70.9 cm³/mol. The van der Waals surface area contributed by atoms with Crippen LogP contribution in [-0.4, -0.2) is 31.5 Å². The lowest BCUT2D eigenvalue weighted by Crippen LogP contribution is -2.41. The molecule has 1 N–H and O–H groups in total. The molecule has 2 aliphatic rings. The molecule has 0 aliphatic heterocycles. The van der Waals surface area contributed by atoms with Crippen LogP contribution in [0, 0.1) is 0 Å². The SMILES string of the molecule is CCNC1CCCC(S(=O)(=O)C2CCCC2)C1. The molecule has 0 saturated heterocycles. The Labute approximate surface area is 105 Å². The largest absolute Gasteiger partial charge is 0.314 e. The van der Waals surface area contributed by atoms with E-state index in [1.165, 1.54) is 0 Å². The van der Waals surface area contributed by atoms with Gasteiger partial charge in [-0.15, -0.1) is 0 Å². The van der Waals surface area contributed by atoms with Gasteiger partial charge in [-0.25, -0.2) is 8.42 Å². The lowest BCUT2D eigenvalue weighted by atomic mass is 9.95. The zero-order valence-corrected chi connectivity index (χ0v) is 11.6. The molecule has 0 aromatic heterocycles. The third kappa shape index (κ3) is 3.02. The second kappa shape index (κ2) is 5.70. The van der Waals surface area contributed by atoms with Gasteiger partial charge in [-0.1, -0.05) is 26.2 Å². The van der Waals surface area contributed by atoms with E-state index in [-0.39, 0.29) is 10.5 Å². The van der Waals surface area contributed by atoms with Crippen molar-refractivity contribution >= 4 is 9.84 Å². The average molecular weight is 259 g/mol. The number of hydrogen-bond donors (Lipinski definition) is 1. The highest BCUT2D eigenvalue weighted by molar-refractivity contribution is 7.92. The Bertz CT molecular complexity index is 331. The van der Waals surface area contributed by atoms with Gasteiger partial charge in [0.05, 0.1) is 10.5 Å². The lowest BCUT2D eigenvalue weighted by Gasteiger charge is -2.31. The van der Waals surface area contributed by atoms with Crippen LogP contribution in [0.3, 0.4) is 0 Å². The summed E-state index contributed by atoms with van der Waals surface area (Å²) in [6.07, 6.45) is 7.96. The fourth-order valence-electron chi connectivity index (χ4n) is 3.41. The molecule has 0 spiro atoms. The van der Waals surface area contributed by atoms with Gasteiger partial charge >= 0.3 is 0 Å². The first-order valence-electron chi connectivity index (χ1n) is 7.10. The first kappa shape index (κ1) is 13.3. The number of sulfone groups is 1. The van der Waals surface area contributed by atoms with E-state index < -0.39 is 9.84 Å². The third-order valence-corrected chi connectivity index (χ3v) is 7.11. The maximum Gasteiger partial charge on any atom is 0.156 e.